The lowest BCUT2D eigenvalue weighted by Crippen LogP contribution is -2.07. The summed E-state index contributed by atoms with van der Waals surface area (Å²) < 4.78 is 1.03. The van der Waals surface area contributed by atoms with Crippen LogP contribution in [0.2, 0.25) is 0 Å². The molecule has 1 N–H and O–H groups in total. The highest BCUT2D eigenvalue weighted by molar-refractivity contribution is 9.10. The predicted octanol–water partition coefficient (Wildman–Crippen LogP) is 4.84. The molecule has 4 nitrogen and oxygen atoms in total. The van der Waals surface area contributed by atoms with Crippen molar-refractivity contribution in [3.63, 3.8) is 0 Å². The molecule has 2 rings (SSSR count). The van der Waals surface area contributed by atoms with Crippen molar-refractivity contribution in [3.8, 4) is 0 Å². The Kier molecular flexibility index (Phi) is 4.39. The first-order valence-electron chi connectivity index (χ1n) is 6.24. The summed E-state index contributed by atoms with van der Waals surface area (Å²) in [5.41, 5.74) is 2.82. The van der Waals surface area contributed by atoms with Gasteiger partial charge in [0.05, 0.1) is 4.92 Å². The summed E-state index contributed by atoms with van der Waals surface area (Å²) >= 11 is 3.45. The minimum atomic E-state index is -0.364. The molecule has 0 aliphatic rings. The maximum absolute atomic E-state index is 10.8. The molecule has 2 aromatic carbocycles. The van der Waals surface area contributed by atoms with Gasteiger partial charge in [0.25, 0.3) is 5.69 Å². The van der Waals surface area contributed by atoms with Gasteiger partial charge >= 0.3 is 0 Å². The highest BCUT2D eigenvalue weighted by atomic mass is 79.9. The molecule has 1 atom stereocenters. The molecule has 0 amide bonds. The summed E-state index contributed by atoms with van der Waals surface area (Å²) in [6.45, 7) is 3.80. The Balaban J connectivity index is 2.18. The van der Waals surface area contributed by atoms with Crippen LogP contribution in [0.25, 0.3) is 0 Å². The molecule has 0 spiro atoms. The molecule has 0 heterocycles. The molecule has 1 unspecified atom stereocenters. The largest absolute Gasteiger partial charge is 0.379 e. The second-order valence-corrected chi connectivity index (χ2v) is 5.60. The van der Waals surface area contributed by atoms with Gasteiger partial charge < -0.3 is 5.32 Å². The Morgan fingerprint density at radius 3 is 2.60 bits per heavy atom. The van der Waals surface area contributed by atoms with Crippen molar-refractivity contribution in [2.24, 2.45) is 0 Å². The SMILES string of the molecule is Cc1cc(NC(C)c2cccc(Br)c2)ccc1[N+](=O)[O-]. The lowest BCUT2D eigenvalue weighted by molar-refractivity contribution is -0.385. The van der Waals surface area contributed by atoms with Crippen molar-refractivity contribution in [1.29, 1.82) is 0 Å². The molecule has 0 bridgehead atoms. The number of hydrogen-bond donors (Lipinski definition) is 1. The monoisotopic (exact) mass is 334 g/mol. The van der Waals surface area contributed by atoms with Crippen LogP contribution in [-0.4, -0.2) is 4.92 Å². The molecule has 104 valence electrons. The fraction of sp³-hybridized carbons (Fsp3) is 0.200. The first-order chi connectivity index (χ1) is 9.47. The topological polar surface area (TPSA) is 55.2 Å². The van der Waals surface area contributed by atoms with Crippen LogP contribution in [0, 0.1) is 17.0 Å². The van der Waals surface area contributed by atoms with Gasteiger partial charge in [-0.15, -0.1) is 0 Å². The third-order valence-corrected chi connectivity index (χ3v) is 3.62. The van der Waals surface area contributed by atoms with Crippen LogP contribution >= 0.6 is 15.9 Å². The maximum Gasteiger partial charge on any atom is 0.272 e. The Hall–Kier alpha value is -1.88. The van der Waals surface area contributed by atoms with E-state index in [1.807, 2.05) is 18.2 Å². The molecule has 0 saturated carbocycles. The zero-order chi connectivity index (χ0) is 14.7. The van der Waals surface area contributed by atoms with Gasteiger partial charge in [-0.25, -0.2) is 0 Å². The van der Waals surface area contributed by atoms with Crippen LogP contribution in [0.4, 0.5) is 11.4 Å². The summed E-state index contributed by atoms with van der Waals surface area (Å²) in [6.07, 6.45) is 0. The van der Waals surface area contributed by atoms with E-state index in [9.17, 15) is 10.1 Å². The van der Waals surface area contributed by atoms with Crippen molar-refractivity contribution >= 4 is 27.3 Å². The number of hydrogen-bond acceptors (Lipinski definition) is 3. The molecule has 0 aliphatic heterocycles. The van der Waals surface area contributed by atoms with Gasteiger partial charge in [-0.1, -0.05) is 28.1 Å². The number of aryl methyl sites for hydroxylation is 1. The molecule has 0 aromatic heterocycles. The third kappa shape index (κ3) is 3.36. The van der Waals surface area contributed by atoms with E-state index in [1.165, 1.54) is 6.07 Å². The van der Waals surface area contributed by atoms with E-state index in [2.05, 4.69) is 34.2 Å². The van der Waals surface area contributed by atoms with Crippen LogP contribution in [0.15, 0.2) is 46.9 Å². The van der Waals surface area contributed by atoms with Crippen LogP contribution in [0.3, 0.4) is 0 Å². The number of halogens is 1. The number of nitrogens with one attached hydrogen (secondary N) is 1. The molecule has 5 heteroatoms. The molecule has 20 heavy (non-hydrogen) atoms. The molecule has 0 saturated heterocycles. The summed E-state index contributed by atoms with van der Waals surface area (Å²) in [7, 11) is 0. The van der Waals surface area contributed by atoms with Crippen molar-refractivity contribution in [3.05, 3.63) is 68.2 Å². The average molecular weight is 335 g/mol. The fourth-order valence-corrected chi connectivity index (χ4v) is 2.48. The Bertz CT molecular complexity index is 644. The van der Waals surface area contributed by atoms with E-state index in [0.717, 1.165) is 15.7 Å². The molecule has 0 radical (unpaired) electrons. The normalized spacial score (nSPS) is 11.9. The van der Waals surface area contributed by atoms with E-state index in [1.54, 1.807) is 19.1 Å². The number of benzene rings is 2. The summed E-state index contributed by atoms with van der Waals surface area (Å²) in [5.74, 6) is 0. The van der Waals surface area contributed by atoms with Crippen molar-refractivity contribution in [1.82, 2.24) is 0 Å². The van der Waals surface area contributed by atoms with Gasteiger partial charge in [0, 0.05) is 27.8 Å². The lowest BCUT2D eigenvalue weighted by Gasteiger charge is -2.16. The standard InChI is InChI=1S/C15H15BrN2O2/c1-10-8-14(6-7-15(10)18(19)20)17-11(2)12-4-3-5-13(16)9-12/h3-9,11,17H,1-2H3. The Morgan fingerprint density at radius 2 is 2.00 bits per heavy atom. The summed E-state index contributed by atoms with van der Waals surface area (Å²) in [6, 6.07) is 13.2. The molecule has 0 aliphatic carbocycles. The van der Waals surface area contributed by atoms with Gasteiger partial charge in [-0.3, -0.25) is 10.1 Å². The predicted molar refractivity (Wildman–Crippen MR) is 84.0 cm³/mol. The van der Waals surface area contributed by atoms with Crippen molar-refractivity contribution in [2.75, 3.05) is 5.32 Å². The van der Waals surface area contributed by atoms with E-state index in [-0.39, 0.29) is 16.7 Å². The highest BCUT2D eigenvalue weighted by Crippen LogP contribution is 2.26. The zero-order valence-corrected chi connectivity index (χ0v) is 12.8. The number of rotatable bonds is 4. The number of nitro benzene ring substituents is 1. The van der Waals surface area contributed by atoms with Gasteiger partial charge in [0.2, 0.25) is 0 Å². The molecular formula is C15H15BrN2O2. The highest BCUT2D eigenvalue weighted by Gasteiger charge is 2.11. The zero-order valence-electron chi connectivity index (χ0n) is 11.3. The van der Waals surface area contributed by atoms with Crippen LogP contribution in [0.5, 0.6) is 0 Å². The molecular weight excluding hydrogens is 320 g/mol. The maximum atomic E-state index is 10.8. The number of nitro groups is 1. The molecule has 0 fully saturated rings. The van der Waals surface area contributed by atoms with Gasteiger partial charge in [-0.2, -0.15) is 0 Å². The van der Waals surface area contributed by atoms with Crippen LogP contribution < -0.4 is 5.32 Å². The van der Waals surface area contributed by atoms with Crippen LogP contribution in [0.1, 0.15) is 24.1 Å². The van der Waals surface area contributed by atoms with Gasteiger partial charge in [-0.05, 0) is 43.7 Å². The number of nitrogens with zero attached hydrogens (tertiary/aromatic N) is 1. The van der Waals surface area contributed by atoms with Crippen molar-refractivity contribution < 1.29 is 4.92 Å². The Morgan fingerprint density at radius 1 is 1.25 bits per heavy atom. The first-order valence-corrected chi connectivity index (χ1v) is 7.03. The second-order valence-electron chi connectivity index (χ2n) is 4.68. The Labute approximate surface area is 126 Å². The van der Waals surface area contributed by atoms with E-state index < -0.39 is 0 Å². The minimum Gasteiger partial charge on any atom is -0.379 e. The fourth-order valence-electron chi connectivity index (χ4n) is 2.06. The quantitative estimate of drug-likeness (QED) is 0.642. The second kappa shape index (κ2) is 6.05. The lowest BCUT2D eigenvalue weighted by atomic mass is 10.1. The van der Waals surface area contributed by atoms with Crippen molar-refractivity contribution in [2.45, 2.75) is 19.9 Å². The average Bonchev–Trinajstić information content (AvgIpc) is 2.38. The molecule has 2 aromatic rings. The number of anilines is 1. The summed E-state index contributed by atoms with van der Waals surface area (Å²) in [4.78, 5) is 10.4. The first kappa shape index (κ1) is 14.5. The van der Waals surface area contributed by atoms with E-state index in [0.29, 0.717) is 5.56 Å². The minimum absolute atomic E-state index is 0.119. The van der Waals surface area contributed by atoms with Gasteiger partial charge in [0.1, 0.15) is 0 Å². The third-order valence-electron chi connectivity index (χ3n) is 3.13. The van der Waals surface area contributed by atoms with Gasteiger partial charge in [0.15, 0.2) is 0 Å². The van der Waals surface area contributed by atoms with E-state index >= 15 is 0 Å². The van der Waals surface area contributed by atoms with E-state index in [4.69, 9.17) is 0 Å². The summed E-state index contributed by atoms with van der Waals surface area (Å²) in [5, 5.41) is 14.1. The van der Waals surface area contributed by atoms with Crippen LogP contribution in [-0.2, 0) is 0 Å². The smallest absolute Gasteiger partial charge is 0.272 e.